The number of hydrogen-bond acceptors (Lipinski definition) is 3. The number of aryl methyl sites for hydroxylation is 2. The minimum Gasteiger partial charge on any atom is -0.307 e. The maximum absolute atomic E-state index is 4.52. The predicted molar refractivity (Wildman–Crippen MR) is 60.6 cm³/mol. The highest BCUT2D eigenvalue weighted by Crippen LogP contribution is 2.27. The molecule has 14 heavy (non-hydrogen) atoms. The zero-order valence-electron chi connectivity index (χ0n) is 9.13. The Balaban J connectivity index is 1.85. The van der Waals surface area contributed by atoms with E-state index in [1.165, 1.54) is 28.4 Å². The minimum atomic E-state index is 0.736. The first-order valence-electron chi connectivity index (χ1n) is 5.33. The van der Waals surface area contributed by atoms with Crippen molar-refractivity contribution in [3.63, 3.8) is 0 Å². The highest BCUT2D eigenvalue weighted by Gasteiger charge is 2.25. The summed E-state index contributed by atoms with van der Waals surface area (Å²) in [5.41, 5.74) is 1.19. The largest absolute Gasteiger partial charge is 0.307 e. The molecule has 0 aromatic carbocycles. The Morgan fingerprint density at radius 2 is 2.21 bits per heavy atom. The van der Waals surface area contributed by atoms with Gasteiger partial charge in [0.1, 0.15) is 5.01 Å². The second-order valence-corrected chi connectivity index (χ2v) is 5.58. The van der Waals surface area contributed by atoms with Crippen molar-refractivity contribution >= 4 is 11.3 Å². The van der Waals surface area contributed by atoms with Crippen LogP contribution in [0.5, 0.6) is 0 Å². The Labute approximate surface area is 89.8 Å². The molecule has 3 heteroatoms. The van der Waals surface area contributed by atoms with Crippen molar-refractivity contribution in [1.29, 1.82) is 0 Å². The summed E-state index contributed by atoms with van der Waals surface area (Å²) in [4.78, 5) is 5.87. The van der Waals surface area contributed by atoms with Crippen LogP contribution in [0.1, 0.15) is 35.3 Å². The third-order valence-corrected chi connectivity index (χ3v) is 4.28. The molecule has 1 aliphatic carbocycles. The first kappa shape index (κ1) is 10.1. The van der Waals surface area contributed by atoms with Crippen LogP contribution < -0.4 is 5.32 Å². The van der Waals surface area contributed by atoms with E-state index < -0.39 is 0 Å². The zero-order chi connectivity index (χ0) is 10.1. The SMILES string of the molecule is Cc1nc(CNC2CCC2C)sc1C. The second-order valence-electron chi connectivity index (χ2n) is 4.29. The van der Waals surface area contributed by atoms with Gasteiger partial charge in [-0.1, -0.05) is 6.92 Å². The lowest BCUT2D eigenvalue weighted by molar-refractivity contribution is 0.228. The van der Waals surface area contributed by atoms with Crippen molar-refractivity contribution in [2.45, 2.75) is 46.2 Å². The van der Waals surface area contributed by atoms with Crippen LogP contribution in [-0.4, -0.2) is 11.0 Å². The fourth-order valence-corrected chi connectivity index (χ4v) is 2.69. The Hall–Kier alpha value is -0.410. The van der Waals surface area contributed by atoms with E-state index >= 15 is 0 Å². The Bertz CT molecular complexity index is 300. The second kappa shape index (κ2) is 3.99. The predicted octanol–water partition coefficient (Wildman–Crippen LogP) is 2.65. The Kier molecular flexibility index (Phi) is 2.88. The fourth-order valence-electron chi connectivity index (χ4n) is 1.80. The molecule has 1 aliphatic rings. The van der Waals surface area contributed by atoms with Gasteiger partial charge in [-0.25, -0.2) is 4.98 Å². The topological polar surface area (TPSA) is 24.9 Å². The van der Waals surface area contributed by atoms with Crippen molar-refractivity contribution < 1.29 is 0 Å². The van der Waals surface area contributed by atoms with Crippen molar-refractivity contribution in [2.75, 3.05) is 0 Å². The van der Waals surface area contributed by atoms with Gasteiger partial charge in [0.2, 0.25) is 0 Å². The van der Waals surface area contributed by atoms with Crippen LogP contribution in [0.2, 0.25) is 0 Å². The number of thiazole rings is 1. The lowest BCUT2D eigenvalue weighted by Crippen LogP contribution is -2.41. The summed E-state index contributed by atoms with van der Waals surface area (Å²) in [6.45, 7) is 7.50. The van der Waals surface area contributed by atoms with Crippen LogP contribution in [-0.2, 0) is 6.54 Å². The number of hydrogen-bond donors (Lipinski definition) is 1. The molecule has 2 unspecified atom stereocenters. The molecule has 0 amide bonds. The van der Waals surface area contributed by atoms with Gasteiger partial charge in [-0.15, -0.1) is 11.3 Å². The van der Waals surface area contributed by atoms with E-state index in [0.29, 0.717) is 0 Å². The molecule has 1 saturated carbocycles. The average molecular weight is 210 g/mol. The van der Waals surface area contributed by atoms with Gasteiger partial charge in [0.05, 0.1) is 5.69 Å². The molecular weight excluding hydrogens is 192 g/mol. The third kappa shape index (κ3) is 1.98. The molecule has 0 aliphatic heterocycles. The van der Waals surface area contributed by atoms with Gasteiger partial charge >= 0.3 is 0 Å². The average Bonchev–Trinajstić information content (AvgIpc) is 2.44. The highest BCUT2D eigenvalue weighted by atomic mass is 32.1. The number of nitrogens with one attached hydrogen (secondary N) is 1. The van der Waals surface area contributed by atoms with E-state index in [1.807, 2.05) is 11.3 Å². The molecular formula is C11H18N2S. The van der Waals surface area contributed by atoms with Crippen molar-refractivity contribution in [3.8, 4) is 0 Å². The minimum absolute atomic E-state index is 0.736. The lowest BCUT2D eigenvalue weighted by Gasteiger charge is -2.34. The quantitative estimate of drug-likeness (QED) is 0.829. The van der Waals surface area contributed by atoms with Crippen LogP contribution in [0.4, 0.5) is 0 Å². The molecule has 1 aromatic heterocycles. The van der Waals surface area contributed by atoms with E-state index in [0.717, 1.165) is 18.5 Å². The van der Waals surface area contributed by atoms with Crippen molar-refractivity contribution in [2.24, 2.45) is 5.92 Å². The molecule has 1 heterocycles. The van der Waals surface area contributed by atoms with Gasteiger partial charge in [-0.3, -0.25) is 0 Å². The molecule has 0 saturated heterocycles. The Morgan fingerprint density at radius 1 is 1.43 bits per heavy atom. The van der Waals surface area contributed by atoms with Crippen LogP contribution >= 0.6 is 11.3 Å². The Morgan fingerprint density at radius 3 is 2.64 bits per heavy atom. The summed E-state index contributed by atoms with van der Waals surface area (Å²) >= 11 is 1.82. The molecule has 2 rings (SSSR count). The molecule has 2 atom stereocenters. The molecule has 0 radical (unpaired) electrons. The molecule has 0 bridgehead atoms. The summed E-state index contributed by atoms with van der Waals surface area (Å²) in [6, 6.07) is 0.736. The van der Waals surface area contributed by atoms with Gasteiger partial charge in [0.15, 0.2) is 0 Å². The summed E-state index contributed by atoms with van der Waals surface area (Å²) in [5.74, 6) is 0.858. The lowest BCUT2D eigenvalue weighted by atomic mass is 9.81. The molecule has 0 spiro atoms. The zero-order valence-corrected chi connectivity index (χ0v) is 9.95. The molecule has 1 fully saturated rings. The van der Waals surface area contributed by atoms with Crippen LogP contribution in [0.15, 0.2) is 0 Å². The van der Waals surface area contributed by atoms with E-state index in [1.54, 1.807) is 0 Å². The van der Waals surface area contributed by atoms with Gasteiger partial charge in [0.25, 0.3) is 0 Å². The van der Waals surface area contributed by atoms with E-state index in [2.05, 4.69) is 31.1 Å². The first-order chi connectivity index (χ1) is 6.66. The van der Waals surface area contributed by atoms with Crippen LogP contribution in [0.25, 0.3) is 0 Å². The molecule has 78 valence electrons. The first-order valence-corrected chi connectivity index (χ1v) is 6.14. The van der Waals surface area contributed by atoms with E-state index in [4.69, 9.17) is 0 Å². The standard InChI is InChI=1S/C11H18N2S/c1-7-4-5-10(7)12-6-11-13-8(2)9(3)14-11/h7,10,12H,4-6H2,1-3H3. The fraction of sp³-hybridized carbons (Fsp3) is 0.727. The third-order valence-electron chi connectivity index (χ3n) is 3.21. The van der Waals surface area contributed by atoms with E-state index in [-0.39, 0.29) is 0 Å². The molecule has 1 aromatic rings. The summed E-state index contributed by atoms with van der Waals surface area (Å²) in [5, 5.41) is 4.81. The summed E-state index contributed by atoms with van der Waals surface area (Å²) < 4.78 is 0. The number of aromatic nitrogens is 1. The maximum Gasteiger partial charge on any atom is 0.107 e. The van der Waals surface area contributed by atoms with Crippen molar-refractivity contribution in [3.05, 3.63) is 15.6 Å². The van der Waals surface area contributed by atoms with Crippen molar-refractivity contribution in [1.82, 2.24) is 10.3 Å². The van der Waals surface area contributed by atoms with Gasteiger partial charge in [-0.05, 0) is 32.6 Å². The molecule has 2 nitrogen and oxygen atoms in total. The normalized spacial score (nSPS) is 26.2. The number of rotatable bonds is 3. The van der Waals surface area contributed by atoms with E-state index in [9.17, 15) is 0 Å². The highest BCUT2D eigenvalue weighted by molar-refractivity contribution is 7.11. The van der Waals surface area contributed by atoms with Crippen LogP contribution in [0, 0.1) is 19.8 Å². The monoisotopic (exact) mass is 210 g/mol. The smallest absolute Gasteiger partial charge is 0.107 e. The van der Waals surface area contributed by atoms with Gasteiger partial charge in [-0.2, -0.15) is 0 Å². The summed E-state index contributed by atoms with van der Waals surface area (Å²) in [6.07, 6.45) is 2.72. The molecule has 1 N–H and O–H groups in total. The number of nitrogens with zero attached hydrogens (tertiary/aromatic N) is 1. The summed E-state index contributed by atoms with van der Waals surface area (Å²) in [7, 11) is 0. The maximum atomic E-state index is 4.52. The van der Waals surface area contributed by atoms with Gasteiger partial charge in [0, 0.05) is 17.5 Å². The van der Waals surface area contributed by atoms with Crippen LogP contribution in [0.3, 0.4) is 0 Å². The van der Waals surface area contributed by atoms with Gasteiger partial charge < -0.3 is 5.32 Å².